The lowest BCUT2D eigenvalue weighted by molar-refractivity contribution is -0.116. The lowest BCUT2D eigenvalue weighted by Gasteiger charge is -2.07. The minimum atomic E-state index is 0.0133. The molecule has 0 spiro atoms. The molecule has 1 aliphatic carbocycles. The highest BCUT2D eigenvalue weighted by Crippen LogP contribution is 2.36. The smallest absolute Gasteiger partial charge is 0.224 e. The lowest BCUT2D eigenvalue weighted by atomic mass is 10.1. The van der Waals surface area contributed by atoms with Gasteiger partial charge >= 0.3 is 0 Å². The molecule has 1 aliphatic rings. The number of hydrogen-bond donors (Lipinski definition) is 1. The van der Waals surface area contributed by atoms with Crippen molar-refractivity contribution < 1.29 is 4.79 Å². The summed E-state index contributed by atoms with van der Waals surface area (Å²) in [6, 6.07) is 18.1. The van der Waals surface area contributed by atoms with Crippen LogP contribution >= 0.6 is 0 Å². The summed E-state index contributed by atoms with van der Waals surface area (Å²) in [4.78, 5) is 12.1. The highest BCUT2D eigenvalue weighted by Gasteiger charge is 2.28. The molecule has 6 nitrogen and oxygen atoms in total. The predicted molar refractivity (Wildman–Crippen MR) is 94.9 cm³/mol. The van der Waals surface area contributed by atoms with E-state index in [0.717, 1.165) is 36.3 Å². The predicted octanol–water partition coefficient (Wildman–Crippen LogP) is 3.25. The Morgan fingerprint density at radius 2 is 1.84 bits per heavy atom. The molecule has 0 bridgehead atoms. The van der Waals surface area contributed by atoms with Crippen molar-refractivity contribution in [2.75, 3.05) is 5.32 Å². The average molecular weight is 333 g/mol. The molecule has 3 aromatic rings. The summed E-state index contributed by atoms with van der Waals surface area (Å²) in [5.74, 6) is 0.795. The zero-order valence-electron chi connectivity index (χ0n) is 13.8. The monoisotopic (exact) mass is 333 g/mol. The van der Waals surface area contributed by atoms with E-state index in [1.807, 2.05) is 59.3 Å². The SMILES string of the molecule is O=C(CCc1ccccc1)Nc1ccc(-c2nnnn2C2CC2)cc1. The van der Waals surface area contributed by atoms with Gasteiger partial charge in [0, 0.05) is 17.7 Å². The van der Waals surface area contributed by atoms with Gasteiger partial charge in [-0.2, -0.15) is 0 Å². The van der Waals surface area contributed by atoms with Crippen molar-refractivity contribution in [3.63, 3.8) is 0 Å². The second kappa shape index (κ2) is 6.84. The van der Waals surface area contributed by atoms with E-state index in [1.54, 1.807) is 0 Å². The molecule has 0 unspecified atom stereocenters. The van der Waals surface area contributed by atoms with Crippen molar-refractivity contribution in [1.82, 2.24) is 20.2 Å². The molecular weight excluding hydrogens is 314 g/mol. The highest BCUT2D eigenvalue weighted by atomic mass is 16.1. The van der Waals surface area contributed by atoms with Crippen LogP contribution in [0.25, 0.3) is 11.4 Å². The third-order valence-electron chi connectivity index (χ3n) is 4.30. The molecule has 1 aromatic heterocycles. The van der Waals surface area contributed by atoms with E-state index in [9.17, 15) is 4.79 Å². The van der Waals surface area contributed by atoms with Crippen LogP contribution in [0, 0.1) is 0 Å². The van der Waals surface area contributed by atoms with Crippen molar-refractivity contribution in [3.8, 4) is 11.4 Å². The van der Waals surface area contributed by atoms with Crippen molar-refractivity contribution in [2.45, 2.75) is 31.7 Å². The van der Waals surface area contributed by atoms with Crippen LogP contribution in [0.5, 0.6) is 0 Å². The van der Waals surface area contributed by atoms with E-state index >= 15 is 0 Å². The molecule has 0 aliphatic heterocycles. The molecular formula is C19H19N5O. The van der Waals surface area contributed by atoms with Crippen LogP contribution in [0.3, 0.4) is 0 Å². The second-order valence-corrected chi connectivity index (χ2v) is 6.29. The van der Waals surface area contributed by atoms with E-state index < -0.39 is 0 Å². The first kappa shape index (κ1) is 15.5. The van der Waals surface area contributed by atoms with Crippen molar-refractivity contribution >= 4 is 11.6 Å². The van der Waals surface area contributed by atoms with E-state index in [4.69, 9.17) is 0 Å². The summed E-state index contributed by atoms with van der Waals surface area (Å²) in [5.41, 5.74) is 2.91. The maximum absolute atomic E-state index is 12.1. The standard InChI is InChI=1S/C19H19N5O/c25-18(13-6-14-4-2-1-3-5-14)20-16-9-7-15(8-10-16)19-21-22-23-24(19)17-11-12-17/h1-5,7-10,17H,6,11-13H2,(H,20,25). The Morgan fingerprint density at radius 1 is 1.08 bits per heavy atom. The zero-order chi connectivity index (χ0) is 17.1. The minimum absolute atomic E-state index is 0.0133. The summed E-state index contributed by atoms with van der Waals surface area (Å²) < 4.78 is 1.88. The number of rotatable bonds is 6. The van der Waals surface area contributed by atoms with Gasteiger partial charge in [0.05, 0.1) is 6.04 Å². The van der Waals surface area contributed by atoms with E-state index in [-0.39, 0.29) is 5.91 Å². The highest BCUT2D eigenvalue weighted by molar-refractivity contribution is 5.91. The largest absolute Gasteiger partial charge is 0.326 e. The second-order valence-electron chi connectivity index (χ2n) is 6.29. The molecule has 1 N–H and O–H groups in total. The number of tetrazole rings is 1. The van der Waals surface area contributed by atoms with Crippen LogP contribution in [0.4, 0.5) is 5.69 Å². The molecule has 25 heavy (non-hydrogen) atoms. The number of aromatic nitrogens is 4. The van der Waals surface area contributed by atoms with Crippen LogP contribution in [-0.4, -0.2) is 26.1 Å². The Hall–Kier alpha value is -3.02. The van der Waals surface area contributed by atoms with Crippen LogP contribution in [0.2, 0.25) is 0 Å². The van der Waals surface area contributed by atoms with Crippen molar-refractivity contribution in [3.05, 3.63) is 60.2 Å². The lowest BCUT2D eigenvalue weighted by Crippen LogP contribution is -2.12. The molecule has 4 rings (SSSR count). The Morgan fingerprint density at radius 3 is 2.56 bits per heavy atom. The van der Waals surface area contributed by atoms with Gasteiger partial charge < -0.3 is 5.32 Å². The number of nitrogens with zero attached hydrogens (tertiary/aromatic N) is 4. The summed E-state index contributed by atoms with van der Waals surface area (Å²) in [7, 11) is 0. The first-order valence-corrected chi connectivity index (χ1v) is 8.52. The summed E-state index contributed by atoms with van der Waals surface area (Å²) in [6.07, 6.45) is 3.47. The van der Waals surface area contributed by atoms with Crippen molar-refractivity contribution in [1.29, 1.82) is 0 Å². The Balaban J connectivity index is 1.37. The minimum Gasteiger partial charge on any atom is -0.326 e. The number of amides is 1. The molecule has 0 atom stereocenters. The maximum atomic E-state index is 12.1. The van der Waals surface area contributed by atoms with Gasteiger partial charge in [0.2, 0.25) is 5.91 Å². The number of aryl methyl sites for hydroxylation is 1. The molecule has 1 heterocycles. The number of hydrogen-bond acceptors (Lipinski definition) is 4. The molecule has 0 saturated heterocycles. The number of nitrogens with one attached hydrogen (secondary N) is 1. The normalized spacial score (nSPS) is 13.6. The van der Waals surface area contributed by atoms with Gasteiger partial charge in [-0.05, 0) is 59.5 Å². The molecule has 1 fully saturated rings. The van der Waals surface area contributed by atoms with Gasteiger partial charge in [-0.25, -0.2) is 4.68 Å². The van der Waals surface area contributed by atoms with Gasteiger partial charge in [-0.1, -0.05) is 30.3 Å². The van der Waals surface area contributed by atoms with E-state index in [1.165, 1.54) is 5.56 Å². The number of carbonyl (C=O) groups excluding carboxylic acids is 1. The molecule has 1 amide bonds. The van der Waals surface area contributed by atoms with Gasteiger partial charge in [-0.3, -0.25) is 4.79 Å². The molecule has 6 heteroatoms. The van der Waals surface area contributed by atoms with Crippen LogP contribution in [-0.2, 0) is 11.2 Å². The maximum Gasteiger partial charge on any atom is 0.224 e. The molecule has 1 saturated carbocycles. The average Bonchev–Trinajstić information content (AvgIpc) is 3.38. The number of carbonyl (C=O) groups is 1. The van der Waals surface area contributed by atoms with Crippen LogP contribution in [0.1, 0.15) is 30.9 Å². The summed E-state index contributed by atoms with van der Waals surface area (Å²) in [6.45, 7) is 0. The fourth-order valence-corrected chi connectivity index (χ4v) is 2.78. The molecule has 126 valence electrons. The van der Waals surface area contributed by atoms with Gasteiger partial charge in [-0.15, -0.1) is 5.10 Å². The Bertz CT molecular complexity index is 853. The number of anilines is 1. The Labute approximate surface area is 145 Å². The summed E-state index contributed by atoms with van der Waals surface area (Å²) in [5, 5.41) is 14.9. The Kier molecular flexibility index (Phi) is 4.24. The first-order valence-electron chi connectivity index (χ1n) is 8.52. The fraction of sp³-hybridized carbons (Fsp3) is 0.263. The van der Waals surface area contributed by atoms with Crippen LogP contribution in [0.15, 0.2) is 54.6 Å². The van der Waals surface area contributed by atoms with Gasteiger partial charge in [0.25, 0.3) is 0 Å². The van der Waals surface area contributed by atoms with Crippen molar-refractivity contribution in [2.24, 2.45) is 0 Å². The van der Waals surface area contributed by atoms with E-state index in [2.05, 4.69) is 20.8 Å². The zero-order valence-corrected chi connectivity index (χ0v) is 13.8. The molecule has 2 aromatic carbocycles. The van der Waals surface area contributed by atoms with Gasteiger partial charge in [0.1, 0.15) is 0 Å². The van der Waals surface area contributed by atoms with E-state index in [0.29, 0.717) is 12.5 Å². The number of benzene rings is 2. The summed E-state index contributed by atoms with van der Waals surface area (Å²) >= 11 is 0. The van der Waals surface area contributed by atoms with Crippen LogP contribution < -0.4 is 5.32 Å². The topological polar surface area (TPSA) is 72.7 Å². The third kappa shape index (κ3) is 3.74. The quantitative estimate of drug-likeness (QED) is 0.751. The first-order chi connectivity index (χ1) is 12.3. The third-order valence-corrected chi connectivity index (χ3v) is 4.30. The van der Waals surface area contributed by atoms with Gasteiger partial charge in [0.15, 0.2) is 5.82 Å². The molecule has 0 radical (unpaired) electrons. The fourth-order valence-electron chi connectivity index (χ4n) is 2.78.